The average Bonchev–Trinajstić information content (AvgIpc) is 3.54. The van der Waals surface area contributed by atoms with Crippen molar-refractivity contribution >= 4 is 51.3 Å². The minimum absolute atomic E-state index is 0.0421. The fourth-order valence-corrected chi connectivity index (χ4v) is 5.31. The van der Waals surface area contributed by atoms with Crippen LogP contribution in [-0.2, 0) is 21.6 Å². The molecule has 1 heterocycles. The summed E-state index contributed by atoms with van der Waals surface area (Å²) in [6.07, 6.45) is -1.06. The van der Waals surface area contributed by atoms with Crippen molar-refractivity contribution in [2.45, 2.75) is 36.7 Å². The minimum atomic E-state index is -10.2. The molecule has 0 aliphatic heterocycles. The van der Waals surface area contributed by atoms with E-state index in [0.29, 0.717) is 10.2 Å². The smallest absolute Gasteiger partial charge is 0.413 e. The number of nitrogens with one attached hydrogen (secondary N) is 1. The number of benzene rings is 2. The van der Waals surface area contributed by atoms with Crippen LogP contribution in [0.25, 0.3) is 5.69 Å². The average molecular weight is 611 g/mol. The zero-order valence-electron chi connectivity index (χ0n) is 19.7. The van der Waals surface area contributed by atoms with Crippen molar-refractivity contribution in [3.05, 3.63) is 68.8 Å². The number of amides is 1. The molecule has 0 spiro atoms. The van der Waals surface area contributed by atoms with Crippen molar-refractivity contribution < 1.29 is 38.9 Å². The molecule has 0 saturated heterocycles. The summed E-state index contributed by atoms with van der Waals surface area (Å²) in [6.45, 7) is 1.63. The molecule has 0 unspecified atom stereocenters. The minimum Gasteiger partial charge on any atom is -0.481 e. The number of hydrogen-bond acceptors (Lipinski definition) is 5. The van der Waals surface area contributed by atoms with Crippen LogP contribution in [0, 0.1) is 18.3 Å². The molecule has 0 atom stereocenters. The molecule has 8 nitrogen and oxygen atoms in total. The van der Waals surface area contributed by atoms with E-state index in [0.717, 1.165) is 5.56 Å². The first-order valence-corrected chi connectivity index (χ1v) is 13.6. The van der Waals surface area contributed by atoms with Gasteiger partial charge in [-0.25, -0.2) is 9.48 Å². The van der Waals surface area contributed by atoms with E-state index in [4.69, 9.17) is 27.9 Å². The maximum absolute atomic E-state index is 13.4. The van der Waals surface area contributed by atoms with Gasteiger partial charge in [0.1, 0.15) is 29.1 Å². The summed E-state index contributed by atoms with van der Waals surface area (Å²) in [7, 11) is -10.2. The van der Waals surface area contributed by atoms with Crippen LogP contribution in [0.1, 0.15) is 35.2 Å². The van der Waals surface area contributed by atoms with Gasteiger partial charge in [-0.2, -0.15) is 10.4 Å². The molecule has 2 aromatic carbocycles. The number of nitriles is 1. The lowest BCUT2D eigenvalue weighted by atomic mass is 9.95. The van der Waals surface area contributed by atoms with Crippen LogP contribution in [0.4, 0.5) is 30.0 Å². The van der Waals surface area contributed by atoms with Crippen molar-refractivity contribution in [1.29, 1.82) is 5.26 Å². The summed E-state index contributed by atoms with van der Waals surface area (Å²) in [5.41, 5.74) is -1.49. The van der Waals surface area contributed by atoms with Gasteiger partial charge in [-0.05, 0) is 37.5 Å². The van der Waals surface area contributed by atoms with Gasteiger partial charge in [0.25, 0.3) is 0 Å². The molecular weight excluding hydrogens is 594 g/mol. The van der Waals surface area contributed by atoms with Crippen LogP contribution >= 0.6 is 33.4 Å². The van der Waals surface area contributed by atoms with Crippen LogP contribution in [0.3, 0.4) is 0 Å². The second-order valence-corrected chi connectivity index (χ2v) is 12.1. The summed E-state index contributed by atoms with van der Waals surface area (Å²) in [5.74, 6) is -1.84. The third-order valence-corrected chi connectivity index (χ3v) is 7.69. The number of carboxylic acids is 1. The van der Waals surface area contributed by atoms with Gasteiger partial charge in [-0.15, -0.1) is 0 Å². The van der Waals surface area contributed by atoms with Crippen molar-refractivity contribution in [3.63, 3.8) is 0 Å². The summed E-state index contributed by atoms with van der Waals surface area (Å²) in [6, 6.07) is 8.47. The topological polar surface area (TPSA) is 117 Å². The van der Waals surface area contributed by atoms with Gasteiger partial charge >= 0.3 is 22.3 Å². The fraction of sp³-hybridized carbons (Fsp3) is 0.217. The lowest BCUT2D eigenvalue weighted by Gasteiger charge is -2.40. The van der Waals surface area contributed by atoms with Gasteiger partial charge in [0.2, 0.25) is 0 Å². The first kappa shape index (κ1) is 28.5. The highest BCUT2D eigenvalue weighted by Gasteiger charge is 2.65. The molecule has 1 saturated carbocycles. The maximum Gasteiger partial charge on any atom is 0.413 e. The molecule has 1 amide bonds. The molecule has 3 aromatic rings. The normalized spacial score (nSPS) is 16.0. The highest BCUT2D eigenvalue weighted by atomic mass is 35.5. The molecule has 16 heteroatoms. The fourth-order valence-electron chi connectivity index (χ4n) is 3.86. The first-order chi connectivity index (χ1) is 17.9. The lowest BCUT2D eigenvalue weighted by molar-refractivity contribution is -0.140. The van der Waals surface area contributed by atoms with Crippen LogP contribution in [0.15, 0.2) is 41.3 Å². The van der Waals surface area contributed by atoms with Crippen molar-refractivity contribution in [3.8, 4) is 11.8 Å². The third-order valence-electron chi connectivity index (χ3n) is 5.99. The molecule has 2 N–H and O–H groups in total. The first-order valence-electron chi connectivity index (χ1n) is 10.9. The second kappa shape index (κ2) is 8.73. The number of aliphatic carboxylic acids is 1. The van der Waals surface area contributed by atoms with Gasteiger partial charge in [0.15, 0.2) is 5.69 Å². The van der Waals surface area contributed by atoms with E-state index in [9.17, 15) is 39.4 Å². The van der Waals surface area contributed by atoms with Gasteiger partial charge in [0, 0.05) is 0 Å². The highest BCUT2D eigenvalue weighted by molar-refractivity contribution is 8.45. The van der Waals surface area contributed by atoms with E-state index in [-0.39, 0.29) is 37.1 Å². The number of aromatic nitrogens is 2. The molecule has 1 fully saturated rings. The van der Waals surface area contributed by atoms with E-state index >= 15 is 0 Å². The van der Waals surface area contributed by atoms with Gasteiger partial charge in [-0.3, -0.25) is 10.1 Å². The highest BCUT2D eigenvalue weighted by Crippen LogP contribution is 3.02. The largest absolute Gasteiger partial charge is 0.481 e. The third kappa shape index (κ3) is 5.61. The Morgan fingerprint density at radius 3 is 2.18 bits per heavy atom. The van der Waals surface area contributed by atoms with Gasteiger partial charge in [-0.1, -0.05) is 72.5 Å². The monoisotopic (exact) mass is 610 g/mol. The van der Waals surface area contributed by atoms with E-state index in [2.05, 4.69) is 10.4 Å². The van der Waals surface area contributed by atoms with Crippen LogP contribution in [-0.4, -0.2) is 26.9 Å². The summed E-state index contributed by atoms with van der Waals surface area (Å²) >= 11 is 11.9. The molecule has 208 valence electrons. The predicted octanol–water partition coefficient (Wildman–Crippen LogP) is 7.88. The van der Waals surface area contributed by atoms with Gasteiger partial charge < -0.3 is 9.84 Å². The number of carbonyl (C=O) groups is 2. The second-order valence-electron chi connectivity index (χ2n) is 8.87. The zero-order chi connectivity index (χ0) is 29.0. The number of nitrogens with zero attached hydrogens (tertiary/aromatic N) is 3. The quantitative estimate of drug-likeness (QED) is 0.263. The predicted molar refractivity (Wildman–Crippen MR) is 133 cm³/mol. The number of rotatable bonds is 7. The SMILES string of the molecule is Cc1ccc(COC(=O)Nc2c(C3(C(=O)O)CC3)c(C#N)nn2-c2c(Cl)cc(S(F)(F)(F)(F)F)cc2Cl)cc1. The summed E-state index contributed by atoms with van der Waals surface area (Å²) < 4.78 is 72.8. The van der Waals surface area contributed by atoms with E-state index in [1.165, 1.54) is 0 Å². The van der Waals surface area contributed by atoms with Crippen LogP contribution in [0.5, 0.6) is 0 Å². The van der Waals surface area contributed by atoms with Crippen LogP contribution in [0.2, 0.25) is 10.0 Å². The molecule has 4 rings (SSSR count). The molecule has 39 heavy (non-hydrogen) atoms. The number of carboxylic acid groups (broad SMARTS) is 1. The van der Waals surface area contributed by atoms with Crippen molar-refractivity contribution in [2.75, 3.05) is 5.32 Å². The maximum atomic E-state index is 13.4. The molecule has 1 aromatic heterocycles. The standard InChI is InChI=1S/C23H17Cl2F5N4O4S/c1-12-2-4-13(5-3-12)11-38-22(37)32-20-18(23(6-7-23)21(35)36)17(10-31)33-34(20)19-15(24)8-14(9-16(19)25)39(26,27,28,29)30/h2-5,8-9H,6-7,11H2,1H3,(H,32,37)(H,35,36). The lowest BCUT2D eigenvalue weighted by Crippen LogP contribution is -2.24. The zero-order valence-corrected chi connectivity index (χ0v) is 22.0. The Kier molecular flexibility index (Phi) is 6.38. The molecular formula is C23H17Cl2F5N4O4S. The Morgan fingerprint density at radius 1 is 1.15 bits per heavy atom. The molecule has 1 aliphatic carbocycles. The molecule has 0 radical (unpaired) electrons. The summed E-state index contributed by atoms with van der Waals surface area (Å²) in [4.78, 5) is 22.4. The van der Waals surface area contributed by atoms with Gasteiger partial charge in [0.05, 0.1) is 21.0 Å². The van der Waals surface area contributed by atoms with Crippen LogP contribution < -0.4 is 5.32 Å². The van der Waals surface area contributed by atoms with E-state index < -0.39 is 59.8 Å². The summed E-state index contributed by atoms with van der Waals surface area (Å²) in [5, 5.41) is 23.8. The number of anilines is 1. The Hall–Kier alpha value is -3.54. The number of carbonyl (C=O) groups excluding carboxylic acids is 1. The van der Waals surface area contributed by atoms with Crippen molar-refractivity contribution in [1.82, 2.24) is 9.78 Å². The van der Waals surface area contributed by atoms with E-state index in [1.807, 2.05) is 6.92 Å². The molecule has 0 bridgehead atoms. The molecule has 1 aliphatic rings. The Labute approximate surface area is 227 Å². The Morgan fingerprint density at radius 2 is 1.72 bits per heavy atom. The number of halogens is 7. The van der Waals surface area contributed by atoms with E-state index in [1.54, 1.807) is 30.3 Å². The Bertz CT molecular complexity index is 1550. The number of hydrogen-bond donors (Lipinski definition) is 2. The number of ether oxygens (including phenoxy) is 1. The van der Waals surface area contributed by atoms with Crippen molar-refractivity contribution in [2.24, 2.45) is 0 Å². The Balaban J connectivity index is 1.83. The number of aryl methyl sites for hydroxylation is 1.